The highest BCUT2D eigenvalue weighted by Gasteiger charge is 2.22. The minimum absolute atomic E-state index is 0.0620. The number of methoxy groups -OCH3 is 1. The van der Waals surface area contributed by atoms with Gasteiger partial charge in [0.2, 0.25) is 0 Å². The van der Waals surface area contributed by atoms with Gasteiger partial charge in [0.1, 0.15) is 5.75 Å². The number of halogens is 1. The molecule has 0 radical (unpaired) electrons. The number of ether oxygens (including phenoxy) is 2. The van der Waals surface area contributed by atoms with E-state index in [1.54, 1.807) is 0 Å². The van der Waals surface area contributed by atoms with Crippen molar-refractivity contribution in [3.05, 3.63) is 57.1 Å². The molecule has 9 nitrogen and oxygen atoms in total. The normalized spacial score (nSPS) is 11.4. The smallest absolute Gasteiger partial charge is 0.341 e. The van der Waals surface area contributed by atoms with Crippen molar-refractivity contribution in [2.75, 3.05) is 18.2 Å². The molecule has 0 heterocycles. The van der Waals surface area contributed by atoms with E-state index in [1.165, 1.54) is 44.4 Å². The second kappa shape index (κ2) is 8.37. The summed E-state index contributed by atoms with van der Waals surface area (Å²) in [6.07, 6.45) is -1.20. The summed E-state index contributed by atoms with van der Waals surface area (Å²) >= 11 is 5.78. The number of benzene rings is 2. The Balaban J connectivity index is 2.12. The monoisotopic (exact) mass is 393 g/mol. The van der Waals surface area contributed by atoms with Gasteiger partial charge >= 0.3 is 5.97 Å². The fourth-order valence-electron chi connectivity index (χ4n) is 2.14. The molecule has 2 aromatic carbocycles. The van der Waals surface area contributed by atoms with Crippen LogP contribution in [0.15, 0.2) is 36.4 Å². The van der Waals surface area contributed by atoms with E-state index in [9.17, 15) is 19.7 Å². The van der Waals surface area contributed by atoms with Gasteiger partial charge in [0.15, 0.2) is 6.10 Å². The Labute approximate surface area is 159 Å². The van der Waals surface area contributed by atoms with Crippen LogP contribution in [0.5, 0.6) is 5.75 Å². The van der Waals surface area contributed by atoms with E-state index in [0.717, 1.165) is 6.07 Å². The first-order valence-electron chi connectivity index (χ1n) is 7.62. The van der Waals surface area contributed by atoms with Gasteiger partial charge in [-0.1, -0.05) is 11.6 Å². The molecule has 0 spiro atoms. The lowest BCUT2D eigenvalue weighted by Crippen LogP contribution is -2.30. The van der Waals surface area contributed by atoms with Crippen LogP contribution < -0.4 is 15.8 Å². The average molecular weight is 394 g/mol. The Morgan fingerprint density at radius 1 is 1.26 bits per heavy atom. The zero-order chi connectivity index (χ0) is 20.1. The highest BCUT2D eigenvalue weighted by atomic mass is 35.5. The molecule has 0 bridgehead atoms. The average Bonchev–Trinajstić information content (AvgIpc) is 2.61. The molecule has 0 aliphatic heterocycles. The van der Waals surface area contributed by atoms with E-state index in [2.05, 4.69) is 5.32 Å². The molecule has 3 N–H and O–H groups in total. The summed E-state index contributed by atoms with van der Waals surface area (Å²) in [7, 11) is 1.35. The number of anilines is 2. The molecule has 2 aromatic rings. The lowest BCUT2D eigenvalue weighted by molar-refractivity contribution is -0.384. The van der Waals surface area contributed by atoms with Crippen LogP contribution in [0, 0.1) is 10.1 Å². The minimum Gasteiger partial charge on any atom is -0.495 e. The van der Waals surface area contributed by atoms with Crippen LogP contribution in [-0.4, -0.2) is 30.0 Å². The zero-order valence-corrected chi connectivity index (χ0v) is 15.1. The molecule has 27 heavy (non-hydrogen) atoms. The maximum Gasteiger partial charge on any atom is 0.341 e. The number of amides is 1. The Bertz CT molecular complexity index is 902. The Morgan fingerprint density at radius 2 is 1.96 bits per heavy atom. The maximum absolute atomic E-state index is 12.3. The van der Waals surface area contributed by atoms with Crippen molar-refractivity contribution in [2.45, 2.75) is 13.0 Å². The number of non-ortho nitro benzene ring substituents is 1. The van der Waals surface area contributed by atoms with Crippen molar-refractivity contribution in [1.29, 1.82) is 0 Å². The Morgan fingerprint density at radius 3 is 2.56 bits per heavy atom. The lowest BCUT2D eigenvalue weighted by Gasteiger charge is -2.15. The standard InChI is InChI=1S/C17H16ClN3O6/c1-9(27-17(23)12-5-3-10(18)7-13(12)19)16(22)20-14-8-11(21(24)25)4-6-15(14)26-2/h3-9H,19H2,1-2H3,(H,20,22)/t9-/m1/s1. The molecule has 0 unspecified atom stereocenters. The number of carbonyl (C=O) groups excluding carboxylic acids is 2. The summed E-state index contributed by atoms with van der Waals surface area (Å²) in [6.45, 7) is 1.35. The van der Waals surface area contributed by atoms with Crippen molar-refractivity contribution in [3.8, 4) is 5.75 Å². The van der Waals surface area contributed by atoms with Crippen LogP contribution in [0.2, 0.25) is 5.02 Å². The molecule has 0 aliphatic rings. The summed E-state index contributed by atoms with van der Waals surface area (Å²) in [5.41, 5.74) is 5.73. The zero-order valence-electron chi connectivity index (χ0n) is 14.4. The van der Waals surface area contributed by atoms with Gasteiger partial charge < -0.3 is 20.5 Å². The predicted molar refractivity (Wildman–Crippen MR) is 99.0 cm³/mol. The summed E-state index contributed by atoms with van der Waals surface area (Å²) in [5.74, 6) is -1.29. The summed E-state index contributed by atoms with van der Waals surface area (Å²) in [4.78, 5) is 34.8. The van der Waals surface area contributed by atoms with Gasteiger partial charge in [-0.25, -0.2) is 4.79 Å². The van der Waals surface area contributed by atoms with Gasteiger partial charge in [-0.05, 0) is 31.2 Å². The van der Waals surface area contributed by atoms with Gasteiger partial charge in [-0.15, -0.1) is 0 Å². The number of esters is 1. The van der Waals surface area contributed by atoms with E-state index in [1.807, 2.05) is 0 Å². The van der Waals surface area contributed by atoms with E-state index < -0.39 is 22.9 Å². The number of hydrogen-bond acceptors (Lipinski definition) is 7. The van der Waals surface area contributed by atoms with Gasteiger partial charge in [-0.2, -0.15) is 0 Å². The lowest BCUT2D eigenvalue weighted by atomic mass is 10.2. The largest absolute Gasteiger partial charge is 0.495 e. The molecular formula is C17H16ClN3O6. The molecule has 142 valence electrons. The van der Waals surface area contributed by atoms with Crippen molar-refractivity contribution < 1.29 is 24.0 Å². The number of nitro benzene ring substituents is 1. The van der Waals surface area contributed by atoms with Crippen molar-refractivity contribution in [2.24, 2.45) is 0 Å². The van der Waals surface area contributed by atoms with E-state index >= 15 is 0 Å². The number of nitrogens with zero attached hydrogens (tertiary/aromatic N) is 1. The number of nitrogen functional groups attached to an aromatic ring is 1. The number of nitro groups is 1. The van der Waals surface area contributed by atoms with Gasteiger partial charge in [0.25, 0.3) is 11.6 Å². The number of hydrogen-bond donors (Lipinski definition) is 2. The molecule has 1 atom stereocenters. The quantitative estimate of drug-likeness (QED) is 0.333. The van der Waals surface area contributed by atoms with Crippen LogP contribution >= 0.6 is 11.6 Å². The molecule has 0 aliphatic carbocycles. The van der Waals surface area contributed by atoms with Crippen molar-refractivity contribution in [3.63, 3.8) is 0 Å². The number of nitrogens with two attached hydrogens (primary N) is 1. The van der Waals surface area contributed by atoms with Crippen molar-refractivity contribution in [1.82, 2.24) is 0 Å². The summed E-state index contributed by atoms with van der Waals surface area (Å²) in [6, 6.07) is 7.96. The Hall–Kier alpha value is -3.33. The first-order valence-corrected chi connectivity index (χ1v) is 8.00. The molecule has 0 saturated carbocycles. The van der Waals surface area contributed by atoms with Gasteiger partial charge in [0, 0.05) is 22.8 Å². The fourth-order valence-corrected chi connectivity index (χ4v) is 2.32. The number of nitrogens with one attached hydrogen (secondary N) is 1. The molecule has 0 saturated heterocycles. The maximum atomic E-state index is 12.3. The van der Waals surface area contributed by atoms with E-state index in [-0.39, 0.29) is 28.4 Å². The molecule has 2 rings (SSSR count). The van der Waals surface area contributed by atoms with Gasteiger partial charge in [-0.3, -0.25) is 14.9 Å². The van der Waals surface area contributed by atoms with E-state index in [0.29, 0.717) is 5.02 Å². The molecule has 0 aromatic heterocycles. The van der Waals surface area contributed by atoms with Gasteiger partial charge in [0.05, 0.1) is 23.3 Å². The third-order valence-corrected chi connectivity index (χ3v) is 3.77. The third kappa shape index (κ3) is 4.85. The number of rotatable bonds is 6. The highest BCUT2D eigenvalue weighted by molar-refractivity contribution is 6.31. The van der Waals surface area contributed by atoms with Crippen LogP contribution in [0.1, 0.15) is 17.3 Å². The van der Waals surface area contributed by atoms with Crippen LogP contribution in [-0.2, 0) is 9.53 Å². The summed E-state index contributed by atoms with van der Waals surface area (Å²) < 4.78 is 10.2. The summed E-state index contributed by atoms with van der Waals surface area (Å²) in [5, 5.41) is 13.7. The highest BCUT2D eigenvalue weighted by Crippen LogP contribution is 2.29. The molecule has 10 heteroatoms. The second-order valence-corrected chi connectivity index (χ2v) is 5.85. The predicted octanol–water partition coefficient (Wildman–Crippen LogP) is 3.02. The molecule has 0 fully saturated rings. The topological polar surface area (TPSA) is 134 Å². The van der Waals surface area contributed by atoms with Crippen LogP contribution in [0.3, 0.4) is 0 Å². The SMILES string of the molecule is COc1ccc([N+](=O)[O-])cc1NC(=O)[C@@H](C)OC(=O)c1ccc(Cl)cc1N. The first-order chi connectivity index (χ1) is 12.7. The Kier molecular flexibility index (Phi) is 6.19. The third-order valence-electron chi connectivity index (χ3n) is 3.54. The van der Waals surface area contributed by atoms with Crippen LogP contribution in [0.25, 0.3) is 0 Å². The molecular weight excluding hydrogens is 378 g/mol. The van der Waals surface area contributed by atoms with Crippen LogP contribution in [0.4, 0.5) is 17.1 Å². The minimum atomic E-state index is -1.20. The van der Waals surface area contributed by atoms with E-state index in [4.69, 9.17) is 26.8 Å². The van der Waals surface area contributed by atoms with Crippen molar-refractivity contribution >= 4 is 40.5 Å². The molecule has 1 amide bonds. The number of carbonyl (C=O) groups is 2. The second-order valence-electron chi connectivity index (χ2n) is 5.41. The first kappa shape index (κ1) is 20.0. The fraction of sp³-hybridized carbons (Fsp3) is 0.176.